The molecule has 5 nitrogen and oxygen atoms in total. The minimum absolute atomic E-state index is 0.0200. The molecule has 0 saturated carbocycles. The highest BCUT2D eigenvalue weighted by Gasteiger charge is 2.20. The summed E-state index contributed by atoms with van der Waals surface area (Å²) in [6.07, 6.45) is 84.7. The second-order valence-electron chi connectivity index (χ2n) is 24.5. The predicted octanol–water partition coefficient (Wildman–Crippen LogP) is 22.6. The number of aliphatic hydroxyl groups is 3. The summed E-state index contributed by atoms with van der Waals surface area (Å²) in [7, 11) is 0. The Hall–Kier alpha value is -0.910. The van der Waals surface area contributed by atoms with Gasteiger partial charge in [0.2, 0.25) is 5.91 Å². The van der Waals surface area contributed by atoms with Crippen LogP contribution in [-0.4, -0.2) is 46.1 Å². The monoisotopic (exact) mass is 1060 g/mol. The first-order chi connectivity index (χ1) is 37.0. The molecule has 1 amide bonds. The van der Waals surface area contributed by atoms with E-state index in [1.165, 1.54) is 353 Å². The van der Waals surface area contributed by atoms with Gasteiger partial charge in [0.05, 0.1) is 31.3 Å². The lowest BCUT2D eigenvalue weighted by atomic mass is 10.0. The van der Waals surface area contributed by atoms with Crippen molar-refractivity contribution in [2.45, 2.75) is 424 Å². The number of hydrogen-bond acceptors (Lipinski definition) is 4. The topological polar surface area (TPSA) is 89.8 Å². The highest BCUT2D eigenvalue weighted by atomic mass is 16.3. The van der Waals surface area contributed by atoms with E-state index in [1.54, 1.807) is 6.08 Å². The van der Waals surface area contributed by atoms with E-state index >= 15 is 0 Å². The maximum Gasteiger partial charge on any atom is 0.222 e. The van der Waals surface area contributed by atoms with Gasteiger partial charge in [-0.1, -0.05) is 392 Å². The van der Waals surface area contributed by atoms with Crippen molar-refractivity contribution in [2.24, 2.45) is 0 Å². The molecule has 448 valence electrons. The first kappa shape index (κ1) is 74.1. The second kappa shape index (κ2) is 65.6. The van der Waals surface area contributed by atoms with Crippen LogP contribution in [0.5, 0.6) is 0 Å². The van der Waals surface area contributed by atoms with Crippen molar-refractivity contribution in [1.82, 2.24) is 5.32 Å². The summed E-state index contributed by atoms with van der Waals surface area (Å²) in [6.45, 7) is 4.27. The minimum Gasteiger partial charge on any atom is -0.394 e. The highest BCUT2D eigenvalue weighted by Crippen LogP contribution is 2.20. The Morgan fingerprint density at radius 1 is 0.333 bits per heavy atom. The SMILES string of the molecule is CCCCCCCCCCCCCCCCCCCCCCCCC/C=C/C(O)C(CO)NC(=O)CC(O)CCCCCCCCCCCCCCCCCCCCCCCCCCCCCCCCCCCCC. The molecule has 0 aliphatic carbocycles. The molecule has 0 radical (unpaired) electrons. The fraction of sp³-hybridized carbons (Fsp3) is 0.957. The molecule has 0 aromatic carbocycles. The quantitative estimate of drug-likeness (QED) is 0.0361. The molecule has 0 aliphatic heterocycles. The van der Waals surface area contributed by atoms with E-state index in [2.05, 4.69) is 19.2 Å². The van der Waals surface area contributed by atoms with Gasteiger partial charge in [-0.3, -0.25) is 4.79 Å². The van der Waals surface area contributed by atoms with E-state index in [4.69, 9.17) is 0 Å². The summed E-state index contributed by atoms with van der Waals surface area (Å²) >= 11 is 0. The molecule has 3 atom stereocenters. The summed E-state index contributed by atoms with van der Waals surface area (Å²) in [5.41, 5.74) is 0. The Bertz CT molecular complexity index is 1080. The van der Waals surface area contributed by atoms with E-state index < -0.39 is 18.2 Å². The summed E-state index contributed by atoms with van der Waals surface area (Å²) in [4.78, 5) is 12.6. The van der Waals surface area contributed by atoms with E-state index in [-0.39, 0.29) is 18.9 Å². The maximum atomic E-state index is 12.6. The third kappa shape index (κ3) is 62.2. The average molecular weight is 1060 g/mol. The smallest absolute Gasteiger partial charge is 0.222 e. The summed E-state index contributed by atoms with van der Waals surface area (Å²) in [5.74, 6) is -0.305. The van der Waals surface area contributed by atoms with Gasteiger partial charge in [-0.05, 0) is 19.3 Å². The van der Waals surface area contributed by atoms with Crippen LogP contribution in [0.15, 0.2) is 12.2 Å². The summed E-state index contributed by atoms with van der Waals surface area (Å²) in [6, 6.07) is -0.742. The number of nitrogens with one attached hydrogen (secondary N) is 1. The fourth-order valence-electron chi connectivity index (χ4n) is 11.5. The van der Waals surface area contributed by atoms with Gasteiger partial charge < -0.3 is 20.6 Å². The van der Waals surface area contributed by atoms with Crippen molar-refractivity contribution in [3.05, 3.63) is 12.2 Å². The van der Waals surface area contributed by atoms with Crippen molar-refractivity contribution in [3.8, 4) is 0 Å². The van der Waals surface area contributed by atoms with Crippen LogP contribution in [0.3, 0.4) is 0 Å². The molecule has 4 N–H and O–H groups in total. The Morgan fingerprint density at radius 3 is 0.773 bits per heavy atom. The van der Waals surface area contributed by atoms with E-state index in [1.807, 2.05) is 6.08 Å². The third-order valence-electron chi connectivity index (χ3n) is 16.8. The molecule has 0 aromatic heterocycles. The minimum atomic E-state index is -0.927. The number of rotatable bonds is 66. The third-order valence-corrected chi connectivity index (χ3v) is 16.8. The molecule has 0 bridgehead atoms. The molecular weight excluding hydrogens is 919 g/mol. The van der Waals surface area contributed by atoms with Gasteiger partial charge >= 0.3 is 0 Å². The largest absolute Gasteiger partial charge is 0.394 e. The lowest BCUT2D eigenvalue weighted by Gasteiger charge is -2.21. The van der Waals surface area contributed by atoms with Crippen LogP contribution < -0.4 is 5.32 Å². The Morgan fingerprint density at radius 2 is 0.547 bits per heavy atom. The first-order valence-corrected chi connectivity index (χ1v) is 35.0. The van der Waals surface area contributed by atoms with E-state index in [0.717, 1.165) is 25.7 Å². The lowest BCUT2D eigenvalue weighted by molar-refractivity contribution is -0.124. The summed E-state index contributed by atoms with van der Waals surface area (Å²) in [5, 5.41) is 33.6. The van der Waals surface area contributed by atoms with Crippen LogP contribution in [0.2, 0.25) is 0 Å². The van der Waals surface area contributed by atoms with Gasteiger partial charge in [-0.25, -0.2) is 0 Å². The number of aliphatic hydroxyl groups excluding tert-OH is 3. The standard InChI is InChI=1S/C70H139NO4/c1-3-5-7-9-11-13-15-17-19-21-23-25-27-29-30-31-32-33-34-35-36-37-38-40-41-43-45-47-49-51-53-55-57-59-61-63-67(73)65-70(75)71-68(66-72)69(74)64-62-60-58-56-54-52-50-48-46-44-42-39-28-26-24-22-20-18-16-14-12-10-8-6-4-2/h62,64,67-69,72-74H,3-61,63,65-66H2,1-2H3,(H,71,75)/b64-62+. The molecule has 3 unspecified atom stereocenters. The van der Waals surface area contributed by atoms with Gasteiger partial charge in [0.25, 0.3) is 0 Å². The van der Waals surface area contributed by atoms with Gasteiger partial charge in [0.1, 0.15) is 0 Å². The molecular formula is C70H139NO4. The normalized spacial score (nSPS) is 13.1. The van der Waals surface area contributed by atoms with E-state index in [0.29, 0.717) is 6.42 Å². The van der Waals surface area contributed by atoms with Crippen LogP contribution in [0.4, 0.5) is 0 Å². The average Bonchev–Trinajstić information content (AvgIpc) is 3.41. The van der Waals surface area contributed by atoms with Crippen LogP contribution >= 0.6 is 0 Å². The summed E-state index contributed by atoms with van der Waals surface area (Å²) < 4.78 is 0. The first-order valence-electron chi connectivity index (χ1n) is 35.0. The molecule has 0 aromatic rings. The molecule has 5 heteroatoms. The highest BCUT2D eigenvalue weighted by molar-refractivity contribution is 5.76. The van der Waals surface area contributed by atoms with Crippen LogP contribution in [0.25, 0.3) is 0 Å². The van der Waals surface area contributed by atoms with Crippen molar-refractivity contribution >= 4 is 5.91 Å². The van der Waals surface area contributed by atoms with Gasteiger partial charge in [-0.2, -0.15) is 0 Å². The Balaban J connectivity index is 3.45. The zero-order chi connectivity index (χ0) is 54.3. The Kier molecular flexibility index (Phi) is 64.8. The zero-order valence-electron chi connectivity index (χ0n) is 51.5. The molecule has 0 spiro atoms. The zero-order valence-corrected chi connectivity index (χ0v) is 51.5. The van der Waals surface area contributed by atoms with Crippen LogP contribution in [0, 0.1) is 0 Å². The van der Waals surface area contributed by atoms with Gasteiger partial charge in [-0.15, -0.1) is 0 Å². The fourth-order valence-corrected chi connectivity index (χ4v) is 11.5. The molecule has 0 fully saturated rings. The number of carbonyl (C=O) groups excluding carboxylic acids is 1. The van der Waals surface area contributed by atoms with E-state index in [9.17, 15) is 20.1 Å². The van der Waals surface area contributed by atoms with Gasteiger partial charge in [0, 0.05) is 0 Å². The van der Waals surface area contributed by atoms with Crippen LogP contribution in [-0.2, 0) is 4.79 Å². The Labute approximate surface area is 471 Å². The van der Waals surface area contributed by atoms with Crippen molar-refractivity contribution < 1.29 is 20.1 Å². The molecule has 75 heavy (non-hydrogen) atoms. The number of hydrogen-bond donors (Lipinski definition) is 4. The second-order valence-corrected chi connectivity index (χ2v) is 24.5. The molecule has 0 heterocycles. The number of amides is 1. The molecule has 0 aliphatic rings. The molecule has 0 saturated heterocycles. The van der Waals surface area contributed by atoms with Crippen molar-refractivity contribution in [2.75, 3.05) is 6.61 Å². The van der Waals surface area contributed by atoms with Gasteiger partial charge in [0.15, 0.2) is 0 Å². The lowest BCUT2D eigenvalue weighted by Crippen LogP contribution is -2.45. The van der Waals surface area contributed by atoms with Crippen LogP contribution in [0.1, 0.15) is 406 Å². The molecule has 0 rings (SSSR count). The van der Waals surface area contributed by atoms with Crippen molar-refractivity contribution in [3.63, 3.8) is 0 Å². The number of unbranched alkanes of at least 4 members (excludes halogenated alkanes) is 57. The number of carbonyl (C=O) groups is 1. The number of allylic oxidation sites excluding steroid dienone is 1. The maximum absolute atomic E-state index is 12.6. The van der Waals surface area contributed by atoms with Crippen molar-refractivity contribution in [1.29, 1.82) is 0 Å². The predicted molar refractivity (Wildman–Crippen MR) is 333 cm³/mol.